The molecule has 12 heavy (non-hydrogen) atoms. The maximum Gasteiger partial charge on any atom is 0.273 e. The molecule has 0 spiro atoms. The second kappa shape index (κ2) is 3.87. The van der Waals surface area contributed by atoms with Crippen LogP contribution in [0.15, 0.2) is 16.9 Å². The average molecular weight is 169 g/mol. The predicted octanol–water partition coefficient (Wildman–Crippen LogP) is -0.248. The number of carbonyl (C=O) groups is 1. The number of nitrogens with one attached hydrogen (secondary N) is 1. The Morgan fingerprint density at radius 2 is 2.67 bits per heavy atom. The highest BCUT2D eigenvalue weighted by atomic mass is 16.5. The van der Waals surface area contributed by atoms with Crippen LogP contribution in [0, 0.1) is 0 Å². The summed E-state index contributed by atoms with van der Waals surface area (Å²) in [5.74, 6) is -0.262. The van der Waals surface area contributed by atoms with Crippen molar-refractivity contribution in [1.82, 2.24) is 10.5 Å². The van der Waals surface area contributed by atoms with Crippen molar-refractivity contribution in [1.29, 1.82) is 0 Å². The van der Waals surface area contributed by atoms with Crippen LogP contribution >= 0.6 is 0 Å². The summed E-state index contributed by atoms with van der Waals surface area (Å²) in [7, 11) is 0. The summed E-state index contributed by atoms with van der Waals surface area (Å²) in [5.41, 5.74) is 5.59. The molecule has 1 heterocycles. The first-order valence-corrected chi connectivity index (χ1v) is 3.65. The average Bonchev–Trinajstić information content (AvgIpc) is 2.56. The smallest absolute Gasteiger partial charge is 0.273 e. The highest BCUT2D eigenvalue weighted by Crippen LogP contribution is 1.94. The van der Waals surface area contributed by atoms with Crippen LogP contribution < -0.4 is 11.1 Å². The Balaban J connectivity index is 2.50. The molecule has 0 bridgehead atoms. The summed E-state index contributed by atoms with van der Waals surface area (Å²) in [5, 5.41) is 6.12. The van der Waals surface area contributed by atoms with Gasteiger partial charge in [-0.05, 0) is 6.92 Å². The van der Waals surface area contributed by atoms with Crippen LogP contribution in [0.1, 0.15) is 17.4 Å². The molecule has 0 fully saturated rings. The third-order valence-corrected chi connectivity index (χ3v) is 1.40. The fraction of sp³-hybridized carbons (Fsp3) is 0.429. The molecule has 1 amide bonds. The lowest BCUT2D eigenvalue weighted by molar-refractivity contribution is 0.0932. The summed E-state index contributed by atoms with van der Waals surface area (Å²) in [6.07, 6.45) is 1.35. The normalized spacial score (nSPS) is 12.5. The first-order valence-electron chi connectivity index (χ1n) is 3.65. The molecule has 1 aromatic rings. The summed E-state index contributed by atoms with van der Waals surface area (Å²) in [6.45, 7) is 2.22. The van der Waals surface area contributed by atoms with Crippen LogP contribution in [0.5, 0.6) is 0 Å². The molecule has 0 aromatic carbocycles. The lowest BCUT2D eigenvalue weighted by Gasteiger charge is -2.08. The van der Waals surface area contributed by atoms with Gasteiger partial charge in [-0.2, -0.15) is 0 Å². The van der Waals surface area contributed by atoms with Gasteiger partial charge in [-0.25, -0.2) is 0 Å². The van der Waals surface area contributed by atoms with Gasteiger partial charge >= 0.3 is 0 Å². The molecule has 1 rings (SSSR count). The minimum Gasteiger partial charge on any atom is -0.364 e. The maximum atomic E-state index is 11.2. The van der Waals surface area contributed by atoms with E-state index in [0.29, 0.717) is 6.54 Å². The van der Waals surface area contributed by atoms with E-state index < -0.39 is 0 Å². The van der Waals surface area contributed by atoms with Crippen LogP contribution in [0.25, 0.3) is 0 Å². The van der Waals surface area contributed by atoms with Crippen molar-refractivity contribution < 1.29 is 9.32 Å². The maximum absolute atomic E-state index is 11.2. The zero-order valence-electron chi connectivity index (χ0n) is 6.78. The molecule has 3 N–H and O–H groups in total. The first kappa shape index (κ1) is 8.73. The summed E-state index contributed by atoms with van der Waals surface area (Å²) in [6, 6.07) is 1.45. The second-order valence-corrected chi connectivity index (χ2v) is 2.49. The minimum absolute atomic E-state index is 0.0470. The van der Waals surface area contributed by atoms with Crippen molar-refractivity contribution in [3.05, 3.63) is 18.0 Å². The Bertz CT molecular complexity index is 245. The lowest BCUT2D eigenvalue weighted by atomic mass is 10.3. The molecule has 0 saturated heterocycles. The van der Waals surface area contributed by atoms with E-state index in [1.54, 1.807) is 0 Å². The highest BCUT2D eigenvalue weighted by Gasteiger charge is 2.10. The molecule has 1 atom stereocenters. The fourth-order valence-electron chi connectivity index (χ4n) is 0.686. The Morgan fingerprint density at radius 1 is 1.92 bits per heavy atom. The van der Waals surface area contributed by atoms with Crippen molar-refractivity contribution in [2.45, 2.75) is 13.0 Å². The molecule has 0 aliphatic rings. The van der Waals surface area contributed by atoms with Gasteiger partial charge in [0, 0.05) is 18.7 Å². The number of rotatable bonds is 3. The number of aromatic nitrogens is 1. The van der Waals surface area contributed by atoms with E-state index in [2.05, 4.69) is 15.0 Å². The minimum atomic E-state index is -0.262. The zero-order valence-corrected chi connectivity index (χ0v) is 6.78. The predicted molar refractivity (Wildman–Crippen MR) is 42.5 cm³/mol. The molecule has 0 aliphatic heterocycles. The number of nitrogens with two attached hydrogens (primary N) is 1. The number of carbonyl (C=O) groups excluding carboxylic acids is 1. The molecular weight excluding hydrogens is 158 g/mol. The quantitative estimate of drug-likeness (QED) is 0.653. The van der Waals surface area contributed by atoms with Crippen molar-refractivity contribution in [2.75, 3.05) is 6.54 Å². The molecule has 5 heteroatoms. The molecule has 1 aromatic heterocycles. The van der Waals surface area contributed by atoms with Crippen molar-refractivity contribution in [2.24, 2.45) is 5.73 Å². The van der Waals surface area contributed by atoms with E-state index in [1.807, 2.05) is 6.92 Å². The first-order chi connectivity index (χ1) is 5.74. The largest absolute Gasteiger partial charge is 0.364 e. The molecule has 0 unspecified atom stereocenters. The van der Waals surface area contributed by atoms with Gasteiger partial charge in [-0.15, -0.1) is 0 Å². The van der Waals surface area contributed by atoms with Gasteiger partial charge in [0.2, 0.25) is 0 Å². The third-order valence-electron chi connectivity index (χ3n) is 1.40. The van der Waals surface area contributed by atoms with Crippen molar-refractivity contribution in [3.8, 4) is 0 Å². The molecule has 5 nitrogen and oxygen atoms in total. The highest BCUT2D eigenvalue weighted by molar-refractivity contribution is 5.92. The van der Waals surface area contributed by atoms with Gasteiger partial charge in [-0.1, -0.05) is 5.16 Å². The fourth-order valence-corrected chi connectivity index (χ4v) is 0.686. The van der Waals surface area contributed by atoms with E-state index in [1.165, 1.54) is 12.3 Å². The van der Waals surface area contributed by atoms with E-state index in [4.69, 9.17) is 5.73 Å². The van der Waals surface area contributed by atoms with Gasteiger partial charge in [0.15, 0.2) is 5.69 Å². The monoisotopic (exact) mass is 169 g/mol. The van der Waals surface area contributed by atoms with E-state index in [-0.39, 0.29) is 17.6 Å². The van der Waals surface area contributed by atoms with Crippen LogP contribution in [-0.4, -0.2) is 23.7 Å². The van der Waals surface area contributed by atoms with Crippen LogP contribution in [0.2, 0.25) is 0 Å². The number of nitrogens with zero attached hydrogens (tertiary/aromatic N) is 1. The van der Waals surface area contributed by atoms with Gasteiger partial charge in [0.05, 0.1) is 0 Å². The van der Waals surface area contributed by atoms with E-state index in [9.17, 15) is 4.79 Å². The Hall–Kier alpha value is -1.36. The lowest BCUT2D eigenvalue weighted by Crippen LogP contribution is -2.37. The molecule has 0 aliphatic carbocycles. The van der Waals surface area contributed by atoms with Crippen LogP contribution in [0.3, 0.4) is 0 Å². The summed E-state index contributed by atoms with van der Waals surface area (Å²) in [4.78, 5) is 11.2. The molecular formula is C7H11N3O2. The topological polar surface area (TPSA) is 81.1 Å². The summed E-state index contributed by atoms with van der Waals surface area (Å²) < 4.78 is 4.51. The number of hydrogen-bond donors (Lipinski definition) is 2. The van der Waals surface area contributed by atoms with Crippen LogP contribution in [0.4, 0.5) is 0 Å². The Morgan fingerprint density at radius 3 is 3.17 bits per heavy atom. The Labute approximate surface area is 69.9 Å². The van der Waals surface area contributed by atoms with Crippen LogP contribution in [-0.2, 0) is 0 Å². The number of amides is 1. The van der Waals surface area contributed by atoms with Gasteiger partial charge in [-0.3, -0.25) is 4.79 Å². The van der Waals surface area contributed by atoms with Crippen molar-refractivity contribution in [3.63, 3.8) is 0 Å². The number of hydrogen-bond acceptors (Lipinski definition) is 4. The van der Waals surface area contributed by atoms with E-state index >= 15 is 0 Å². The van der Waals surface area contributed by atoms with Crippen molar-refractivity contribution >= 4 is 5.91 Å². The molecule has 66 valence electrons. The zero-order chi connectivity index (χ0) is 8.97. The summed E-state index contributed by atoms with van der Waals surface area (Å²) >= 11 is 0. The van der Waals surface area contributed by atoms with Gasteiger partial charge < -0.3 is 15.6 Å². The van der Waals surface area contributed by atoms with E-state index in [0.717, 1.165) is 0 Å². The van der Waals surface area contributed by atoms with Gasteiger partial charge in [0.25, 0.3) is 5.91 Å². The third kappa shape index (κ3) is 2.06. The molecule has 0 saturated carbocycles. The second-order valence-electron chi connectivity index (χ2n) is 2.49. The SMILES string of the molecule is C[C@H](CN)NC(=O)c1ccon1. The Kier molecular flexibility index (Phi) is 2.82. The van der Waals surface area contributed by atoms with Gasteiger partial charge in [0.1, 0.15) is 6.26 Å². The standard InChI is InChI=1S/C7H11N3O2/c1-5(4-8)9-7(11)6-2-3-12-10-6/h2-3,5H,4,8H2,1H3,(H,9,11)/t5-/m1/s1. The molecule has 0 radical (unpaired) electrons.